The fourth-order valence-corrected chi connectivity index (χ4v) is 2.34. The van der Waals surface area contributed by atoms with E-state index < -0.39 is 23.7 Å². The maximum Gasteiger partial charge on any atom is 0.441 e. The predicted octanol–water partition coefficient (Wildman–Crippen LogP) is 3.40. The van der Waals surface area contributed by atoms with Gasteiger partial charge in [-0.1, -0.05) is 17.7 Å². The van der Waals surface area contributed by atoms with E-state index in [2.05, 4.69) is 9.72 Å². The molecule has 0 aliphatic heterocycles. The summed E-state index contributed by atoms with van der Waals surface area (Å²) in [6, 6.07) is 7.91. The molecule has 144 valence electrons. The van der Waals surface area contributed by atoms with Crippen LogP contribution in [-0.4, -0.2) is 35.3 Å². The van der Waals surface area contributed by atoms with Crippen LogP contribution >= 0.6 is 11.6 Å². The van der Waals surface area contributed by atoms with E-state index in [0.717, 1.165) is 6.20 Å². The highest BCUT2D eigenvalue weighted by atomic mass is 35.5. The summed E-state index contributed by atoms with van der Waals surface area (Å²) in [6.45, 7) is 1.03. The average molecular weight is 402 g/mol. The van der Waals surface area contributed by atoms with Gasteiger partial charge in [0.15, 0.2) is 0 Å². The van der Waals surface area contributed by atoms with Crippen molar-refractivity contribution >= 4 is 29.2 Å². The van der Waals surface area contributed by atoms with Gasteiger partial charge in [-0.05, 0) is 37.3 Å². The number of carbonyl (C=O) groups is 2. The Morgan fingerprint density at radius 2 is 1.96 bits per heavy atom. The number of nitrogens with one attached hydrogen (secondary N) is 2. The Morgan fingerprint density at radius 1 is 1.22 bits per heavy atom. The second-order valence-corrected chi connectivity index (χ2v) is 5.74. The highest BCUT2D eigenvalue weighted by Gasteiger charge is 2.63. The van der Waals surface area contributed by atoms with Gasteiger partial charge in [0.2, 0.25) is 0 Å². The van der Waals surface area contributed by atoms with Crippen LogP contribution < -0.4 is 10.6 Å². The second kappa shape index (κ2) is 8.26. The van der Waals surface area contributed by atoms with Crippen molar-refractivity contribution in [3.05, 3.63) is 59.4 Å². The summed E-state index contributed by atoms with van der Waals surface area (Å²) < 4.78 is 46.5. The van der Waals surface area contributed by atoms with Crippen LogP contribution in [0.25, 0.3) is 0 Å². The quantitative estimate of drug-likeness (QED) is 0.573. The Balaban J connectivity index is 2.50. The number of ether oxygens (including phenoxy) is 1. The van der Waals surface area contributed by atoms with Crippen molar-refractivity contribution in [2.24, 2.45) is 0 Å². The van der Waals surface area contributed by atoms with Crippen LogP contribution in [0.15, 0.2) is 48.8 Å². The molecule has 1 aromatic carbocycles. The van der Waals surface area contributed by atoms with E-state index >= 15 is 0 Å². The lowest BCUT2D eigenvalue weighted by atomic mass is 10.1. The largest absolute Gasteiger partial charge is 0.463 e. The number of alkyl halides is 3. The molecule has 2 N–H and O–H groups in total. The molecule has 2 aromatic rings. The van der Waals surface area contributed by atoms with Gasteiger partial charge in [0.25, 0.3) is 5.91 Å². The molecule has 10 heteroatoms. The minimum Gasteiger partial charge on any atom is -0.463 e. The lowest BCUT2D eigenvalue weighted by molar-refractivity contribution is -0.204. The molecule has 0 unspecified atom stereocenters. The fourth-order valence-electron chi connectivity index (χ4n) is 2.15. The van der Waals surface area contributed by atoms with Gasteiger partial charge >= 0.3 is 17.8 Å². The number of hydrogen-bond donors (Lipinski definition) is 2. The van der Waals surface area contributed by atoms with Gasteiger partial charge in [-0.2, -0.15) is 13.2 Å². The Hall–Kier alpha value is -2.81. The zero-order chi connectivity index (χ0) is 20.1. The average Bonchev–Trinajstić information content (AvgIpc) is 2.61. The highest BCUT2D eigenvalue weighted by molar-refractivity contribution is 6.30. The Bertz CT molecular complexity index is 818. The molecular formula is C17H15ClF3N3O3. The Morgan fingerprint density at radius 3 is 2.52 bits per heavy atom. The van der Waals surface area contributed by atoms with Crippen molar-refractivity contribution in [1.82, 2.24) is 10.3 Å². The normalized spacial score (nSPS) is 13.4. The molecule has 0 radical (unpaired) electrons. The summed E-state index contributed by atoms with van der Waals surface area (Å²) in [4.78, 5) is 28.3. The number of amides is 1. The summed E-state index contributed by atoms with van der Waals surface area (Å²) in [6.07, 6.45) is -2.82. The minimum atomic E-state index is -5.24. The van der Waals surface area contributed by atoms with E-state index in [-0.39, 0.29) is 22.9 Å². The number of carbonyl (C=O) groups excluding carboxylic acids is 2. The summed E-state index contributed by atoms with van der Waals surface area (Å²) >= 11 is 5.80. The Kier molecular flexibility index (Phi) is 6.27. The zero-order valence-corrected chi connectivity index (χ0v) is 14.8. The van der Waals surface area contributed by atoms with Crippen LogP contribution in [0.4, 0.5) is 18.9 Å². The van der Waals surface area contributed by atoms with E-state index in [1.54, 1.807) is 5.32 Å². The SMILES string of the molecule is CCOC(=O)[C@@](NC(=O)c1cccnc1)(Nc1cccc(Cl)c1)C(F)(F)F. The monoisotopic (exact) mass is 401 g/mol. The fraction of sp³-hybridized carbons (Fsp3) is 0.235. The minimum absolute atomic E-state index is 0.138. The van der Waals surface area contributed by atoms with E-state index in [1.165, 1.54) is 49.5 Å². The molecule has 1 aromatic heterocycles. The van der Waals surface area contributed by atoms with Gasteiger partial charge in [0.1, 0.15) is 0 Å². The maximum atomic E-state index is 14.0. The number of aromatic nitrogens is 1. The van der Waals surface area contributed by atoms with E-state index in [4.69, 9.17) is 11.6 Å². The van der Waals surface area contributed by atoms with Crippen molar-refractivity contribution in [1.29, 1.82) is 0 Å². The number of anilines is 1. The molecule has 2 rings (SSSR count). The van der Waals surface area contributed by atoms with Crippen LogP contribution in [0.5, 0.6) is 0 Å². The van der Waals surface area contributed by atoms with Crippen molar-refractivity contribution in [3.63, 3.8) is 0 Å². The summed E-state index contributed by atoms with van der Waals surface area (Å²) in [5, 5.41) is 3.87. The van der Waals surface area contributed by atoms with Gasteiger partial charge in [-0.3, -0.25) is 9.78 Å². The lowest BCUT2D eigenvalue weighted by Crippen LogP contribution is -2.69. The van der Waals surface area contributed by atoms with E-state index in [1.807, 2.05) is 5.32 Å². The predicted molar refractivity (Wildman–Crippen MR) is 92.2 cm³/mol. The van der Waals surface area contributed by atoms with Crippen LogP contribution in [0.2, 0.25) is 5.02 Å². The molecule has 27 heavy (non-hydrogen) atoms. The number of benzene rings is 1. The molecule has 0 spiro atoms. The third-order valence-corrected chi connectivity index (χ3v) is 3.62. The third kappa shape index (κ3) is 4.68. The van der Waals surface area contributed by atoms with Crippen LogP contribution in [0.3, 0.4) is 0 Å². The third-order valence-electron chi connectivity index (χ3n) is 3.39. The summed E-state index contributed by atoms with van der Waals surface area (Å²) in [7, 11) is 0. The topological polar surface area (TPSA) is 80.3 Å². The smallest absolute Gasteiger partial charge is 0.441 e. The van der Waals surface area contributed by atoms with Gasteiger partial charge in [0, 0.05) is 23.1 Å². The molecule has 0 bridgehead atoms. The molecule has 6 nitrogen and oxygen atoms in total. The van der Waals surface area contributed by atoms with Crippen LogP contribution in [-0.2, 0) is 9.53 Å². The number of esters is 1. The highest BCUT2D eigenvalue weighted by Crippen LogP contribution is 2.34. The number of rotatable bonds is 6. The van der Waals surface area contributed by atoms with Crippen LogP contribution in [0.1, 0.15) is 17.3 Å². The molecular weight excluding hydrogens is 387 g/mol. The second-order valence-electron chi connectivity index (χ2n) is 5.30. The first-order valence-electron chi connectivity index (χ1n) is 7.70. The summed E-state index contributed by atoms with van der Waals surface area (Å²) in [5.41, 5.74) is -3.83. The van der Waals surface area contributed by atoms with Gasteiger partial charge in [-0.15, -0.1) is 0 Å². The van der Waals surface area contributed by atoms with Crippen molar-refractivity contribution < 1.29 is 27.5 Å². The van der Waals surface area contributed by atoms with Crippen molar-refractivity contribution in [3.8, 4) is 0 Å². The molecule has 0 saturated carbocycles. The maximum absolute atomic E-state index is 14.0. The molecule has 0 saturated heterocycles. The number of halogens is 4. The standard InChI is InChI=1S/C17H15ClF3N3O3/c1-2-27-15(26)16(17(19,20)21,23-13-7-3-6-12(18)9-13)24-14(25)11-5-4-8-22-10-11/h3-10,23H,2H2,1H3,(H,24,25)/t16-/m0/s1. The molecule has 0 aliphatic carbocycles. The number of pyridine rings is 1. The lowest BCUT2D eigenvalue weighted by Gasteiger charge is -2.35. The molecule has 1 heterocycles. The zero-order valence-electron chi connectivity index (χ0n) is 14.0. The molecule has 0 fully saturated rings. The van der Waals surface area contributed by atoms with Gasteiger partial charge in [0.05, 0.1) is 12.2 Å². The first kappa shape index (κ1) is 20.5. The van der Waals surface area contributed by atoms with Crippen molar-refractivity contribution in [2.45, 2.75) is 18.8 Å². The number of nitrogens with zero attached hydrogens (tertiary/aromatic N) is 1. The van der Waals surface area contributed by atoms with E-state index in [9.17, 15) is 22.8 Å². The number of hydrogen-bond acceptors (Lipinski definition) is 5. The van der Waals surface area contributed by atoms with Crippen molar-refractivity contribution in [2.75, 3.05) is 11.9 Å². The van der Waals surface area contributed by atoms with Gasteiger partial charge < -0.3 is 15.4 Å². The van der Waals surface area contributed by atoms with Gasteiger partial charge in [-0.25, -0.2) is 4.79 Å². The van der Waals surface area contributed by atoms with E-state index in [0.29, 0.717) is 0 Å². The first-order valence-corrected chi connectivity index (χ1v) is 8.07. The Labute approximate surface area is 157 Å². The summed E-state index contributed by atoms with van der Waals surface area (Å²) in [5.74, 6) is -2.88. The molecule has 1 atom stereocenters. The first-order chi connectivity index (χ1) is 12.7. The molecule has 0 aliphatic rings. The molecule has 1 amide bonds. The van der Waals surface area contributed by atoms with Crippen LogP contribution in [0, 0.1) is 0 Å².